The third kappa shape index (κ3) is 4.87. The standard InChI is InChI=1S/C18H18ClN5O2S/c1-24(2)16-11-18(22-20-12-16)21-14-5-7-15(8-6-14)23-27(25,26)17-9-3-13(19)4-10-17/h3-12,23H,1-2H3,(H,21,22). The number of nitrogens with one attached hydrogen (secondary N) is 2. The highest BCUT2D eigenvalue weighted by Crippen LogP contribution is 2.22. The first-order valence-corrected chi connectivity index (χ1v) is 9.85. The Morgan fingerprint density at radius 1 is 0.963 bits per heavy atom. The number of benzene rings is 2. The molecule has 0 saturated heterocycles. The van der Waals surface area contributed by atoms with Crippen molar-refractivity contribution in [1.29, 1.82) is 0 Å². The summed E-state index contributed by atoms with van der Waals surface area (Å²) < 4.78 is 27.3. The molecule has 1 aromatic heterocycles. The highest BCUT2D eigenvalue weighted by molar-refractivity contribution is 7.92. The van der Waals surface area contributed by atoms with Crippen LogP contribution in [0.2, 0.25) is 5.02 Å². The van der Waals surface area contributed by atoms with Crippen molar-refractivity contribution < 1.29 is 8.42 Å². The molecule has 9 heteroatoms. The van der Waals surface area contributed by atoms with Crippen molar-refractivity contribution in [3.05, 3.63) is 65.8 Å². The van der Waals surface area contributed by atoms with E-state index in [4.69, 9.17) is 11.6 Å². The molecule has 0 saturated carbocycles. The van der Waals surface area contributed by atoms with Crippen LogP contribution in [0.3, 0.4) is 0 Å². The van der Waals surface area contributed by atoms with Crippen molar-refractivity contribution in [3.63, 3.8) is 0 Å². The van der Waals surface area contributed by atoms with Crippen LogP contribution in [0.4, 0.5) is 22.9 Å². The zero-order chi connectivity index (χ0) is 19.4. The number of anilines is 4. The van der Waals surface area contributed by atoms with E-state index in [1.165, 1.54) is 24.3 Å². The van der Waals surface area contributed by atoms with Crippen molar-refractivity contribution in [3.8, 4) is 0 Å². The number of rotatable bonds is 6. The molecule has 0 atom stereocenters. The fourth-order valence-electron chi connectivity index (χ4n) is 2.26. The highest BCUT2D eigenvalue weighted by Gasteiger charge is 2.13. The van der Waals surface area contributed by atoms with Crippen molar-refractivity contribution >= 4 is 44.5 Å². The topological polar surface area (TPSA) is 87.2 Å². The summed E-state index contributed by atoms with van der Waals surface area (Å²) in [4.78, 5) is 2.07. The fraction of sp³-hybridized carbons (Fsp3) is 0.111. The van der Waals surface area contributed by atoms with Gasteiger partial charge in [0, 0.05) is 36.6 Å². The first kappa shape index (κ1) is 18.9. The summed E-state index contributed by atoms with van der Waals surface area (Å²) in [5.74, 6) is 0.593. The Balaban J connectivity index is 1.72. The van der Waals surface area contributed by atoms with Crippen LogP contribution in [0.5, 0.6) is 0 Å². The van der Waals surface area contributed by atoms with E-state index in [9.17, 15) is 8.42 Å². The van der Waals surface area contributed by atoms with Gasteiger partial charge in [-0.3, -0.25) is 4.72 Å². The molecule has 27 heavy (non-hydrogen) atoms. The van der Waals surface area contributed by atoms with E-state index in [0.717, 1.165) is 11.4 Å². The van der Waals surface area contributed by atoms with Gasteiger partial charge in [0.25, 0.3) is 10.0 Å². The lowest BCUT2D eigenvalue weighted by Crippen LogP contribution is -2.12. The number of hydrogen-bond acceptors (Lipinski definition) is 6. The van der Waals surface area contributed by atoms with Gasteiger partial charge < -0.3 is 10.2 Å². The molecule has 2 N–H and O–H groups in total. The average Bonchev–Trinajstić information content (AvgIpc) is 2.64. The Labute approximate surface area is 163 Å². The number of aromatic nitrogens is 2. The first-order valence-electron chi connectivity index (χ1n) is 7.99. The van der Waals surface area contributed by atoms with Crippen molar-refractivity contribution in [2.45, 2.75) is 4.90 Å². The highest BCUT2D eigenvalue weighted by atomic mass is 35.5. The predicted octanol–water partition coefficient (Wildman–Crippen LogP) is 3.74. The Morgan fingerprint density at radius 2 is 1.59 bits per heavy atom. The summed E-state index contributed by atoms with van der Waals surface area (Å²) in [5, 5.41) is 11.6. The van der Waals surface area contributed by atoms with Gasteiger partial charge in [-0.15, -0.1) is 5.10 Å². The zero-order valence-electron chi connectivity index (χ0n) is 14.7. The van der Waals surface area contributed by atoms with Crippen LogP contribution >= 0.6 is 11.6 Å². The maximum absolute atomic E-state index is 12.4. The molecule has 0 unspecified atom stereocenters. The van der Waals surface area contributed by atoms with Crippen LogP contribution in [-0.4, -0.2) is 32.7 Å². The van der Waals surface area contributed by atoms with E-state index in [1.54, 1.807) is 30.5 Å². The second-order valence-corrected chi connectivity index (χ2v) is 8.07. The Kier molecular flexibility index (Phi) is 5.48. The molecule has 0 fully saturated rings. The predicted molar refractivity (Wildman–Crippen MR) is 108 cm³/mol. The maximum Gasteiger partial charge on any atom is 0.261 e. The van der Waals surface area contributed by atoms with E-state index in [2.05, 4.69) is 20.2 Å². The van der Waals surface area contributed by atoms with Gasteiger partial charge in [0.1, 0.15) is 0 Å². The average molecular weight is 404 g/mol. The zero-order valence-corrected chi connectivity index (χ0v) is 16.3. The molecule has 0 bridgehead atoms. The summed E-state index contributed by atoms with van der Waals surface area (Å²) >= 11 is 5.80. The molecule has 0 aliphatic rings. The molecule has 7 nitrogen and oxygen atoms in total. The molecule has 0 radical (unpaired) electrons. The number of hydrogen-bond donors (Lipinski definition) is 2. The Morgan fingerprint density at radius 3 is 2.22 bits per heavy atom. The minimum absolute atomic E-state index is 0.143. The van der Waals surface area contributed by atoms with Gasteiger partial charge in [-0.2, -0.15) is 5.10 Å². The van der Waals surface area contributed by atoms with Crippen molar-refractivity contribution in [1.82, 2.24) is 10.2 Å². The van der Waals surface area contributed by atoms with E-state index < -0.39 is 10.0 Å². The number of sulfonamides is 1. The smallest absolute Gasteiger partial charge is 0.261 e. The van der Waals surface area contributed by atoms with E-state index >= 15 is 0 Å². The normalized spacial score (nSPS) is 11.1. The van der Waals surface area contributed by atoms with Crippen LogP contribution < -0.4 is 14.9 Å². The van der Waals surface area contributed by atoms with Gasteiger partial charge in [0.05, 0.1) is 16.8 Å². The van der Waals surface area contributed by atoms with Gasteiger partial charge in [-0.1, -0.05) is 11.6 Å². The van der Waals surface area contributed by atoms with E-state index in [0.29, 0.717) is 16.5 Å². The fourth-order valence-corrected chi connectivity index (χ4v) is 3.44. The summed E-state index contributed by atoms with van der Waals surface area (Å²) in [6.45, 7) is 0. The van der Waals surface area contributed by atoms with Crippen molar-refractivity contribution in [2.24, 2.45) is 0 Å². The Hall–Kier alpha value is -2.84. The summed E-state index contributed by atoms with van der Waals surface area (Å²) in [6.07, 6.45) is 1.67. The van der Waals surface area contributed by atoms with Crippen LogP contribution in [0.25, 0.3) is 0 Å². The maximum atomic E-state index is 12.4. The molecule has 1 heterocycles. The first-order chi connectivity index (χ1) is 12.8. The lowest BCUT2D eigenvalue weighted by Gasteiger charge is -2.13. The van der Waals surface area contributed by atoms with Gasteiger partial charge in [-0.25, -0.2) is 8.42 Å². The quantitative estimate of drug-likeness (QED) is 0.651. The molecular weight excluding hydrogens is 386 g/mol. The van der Waals surface area contributed by atoms with Crippen LogP contribution in [-0.2, 0) is 10.0 Å². The second-order valence-electron chi connectivity index (χ2n) is 5.96. The lowest BCUT2D eigenvalue weighted by molar-refractivity contribution is 0.601. The summed E-state index contributed by atoms with van der Waals surface area (Å²) in [7, 11) is 0.164. The largest absolute Gasteiger partial charge is 0.376 e. The number of nitrogens with zero attached hydrogens (tertiary/aromatic N) is 3. The number of halogens is 1. The molecule has 0 amide bonds. The van der Waals surface area contributed by atoms with Crippen LogP contribution in [0.15, 0.2) is 65.7 Å². The molecule has 2 aromatic carbocycles. The molecule has 0 aliphatic heterocycles. The van der Waals surface area contributed by atoms with Crippen molar-refractivity contribution in [2.75, 3.05) is 29.0 Å². The molecular formula is C18H18ClN5O2S. The molecule has 3 aromatic rings. The van der Waals surface area contributed by atoms with E-state index in [1.807, 2.05) is 25.1 Å². The lowest BCUT2D eigenvalue weighted by atomic mass is 10.3. The van der Waals surface area contributed by atoms with Gasteiger partial charge in [-0.05, 0) is 48.5 Å². The SMILES string of the molecule is CN(C)c1cnnc(Nc2ccc(NS(=O)(=O)c3ccc(Cl)cc3)cc2)c1. The third-order valence-electron chi connectivity index (χ3n) is 3.69. The van der Waals surface area contributed by atoms with Crippen LogP contribution in [0, 0.1) is 0 Å². The van der Waals surface area contributed by atoms with Gasteiger partial charge in [0.15, 0.2) is 5.82 Å². The van der Waals surface area contributed by atoms with Crippen LogP contribution in [0.1, 0.15) is 0 Å². The Bertz CT molecular complexity index is 1020. The summed E-state index contributed by atoms with van der Waals surface area (Å²) in [5.41, 5.74) is 2.12. The molecule has 140 valence electrons. The molecule has 0 aliphatic carbocycles. The monoisotopic (exact) mass is 403 g/mol. The van der Waals surface area contributed by atoms with Gasteiger partial charge in [0.2, 0.25) is 0 Å². The minimum Gasteiger partial charge on any atom is -0.376 e. The van der Waals surface area contributed by atoms with E-state index in [-0.39, 0.29) is 4.90 Å². The second kappa shape index (κ2) is 7.81. The third-order valence-corrected chi connectivity index (χ3v) is 5.34. The summed E-state index contributed by atoms with van der Waals surface area (Å²) in [6, 6.07) is 14.7. The molecule has 3 rings (SSSR count). The van der Waals surface area contributed by atoms with Gasteiger partial charge >= 0.3 is 0 Å². The molecule has 0 spiro atoms. The minimum atomic E-state index is -3.67.